The van der Waals surface area contributed by atoms with Gasteiger partial charge < -0.3 is 15.2 Å². The van der Waals surface area contributed by atoms with E-state index in [-0.39, 0.29) is 24.7 Å². The van der Waals surface area contributed by atoms with E-state index in [1.165, 1.54) is 13.1 Å². The molecule has 0 heterocycles. The summed E-state index contributed by atoms with van der Waals surface area (Å²) < 4.78 is 18.1. The summed E-state index contributed by atoms with van der Waals surface area (Å²) in [4.78, 5) is 11.3. The molecule has 1 rings (SSSR count). The Labute approximate surface area is 124 Å². The number of rotatable bonds is 4. The van der Waals surface area contributed by atoms with Crippen molar-refractivity contribution in [3.63, 3.8) is 0 Å². The molecule has 1 aromatic carbocycles. The molecule has 0 aliphatic carbocycles. The van der Waals surface area contributed by atoms with Crippen LogP contribution in [0.15, 0.2) is 18.2 Å². The lowest BCUT2D eigenvalue weighted by atomic mass is 10.2. The van der Waals surface area contributed by atoms with Gasteiger partial charge in [0.25, 0.3) is 0 Å². The number of nitrogens with zero attached hydrogens (tertiary/aromatic N) is 1. The molecule has 6 nitrogen and oxygen atoms in total. The van der Waals surface area contributed by atoms with Crippen molar-refractivity contribution in [3.8, 4) is 18.6 Å². The van der Waals surface area contributed by atoms with Crippen LogP contribution in [0.5, 0.6) is 5.75 Å². The third kappa shape index (κ3) is 7.15. The molecule has 0 aromatic heterocycles. The normalized spacial score (nSPS) is 8.38. The summed E-state index contributed by atoms with van der Waals surface area (Å²) in [5.74, 6) is 5.09. The Morgan fingerprint density at radius 1 is 1.48 bits per heavy atom. The summed E-state index contributed by atoms with van der Waals surface area (Å²) in [6.07, 6.45) is 8.00. The third-order valence-corrected chi connectivity index (χ3v) is 1.96. The number of carbonyl (C=O) groups excluding carboxylic acids is 1. The zero-order valence-corrected chi connectivity index (χ0v) is 12.5. The molecule has 0 saturated carbocycles. The van der Waals surface area contributed by atoms with E-state index >= 15 is 0 Å². The van der Waals surface area contributed by atoms with Gasteiger partial charge in [0.05, 0.1) is 6.61 Å². The molecule has 0 atom stereocenters. The molecule has 0 radical (unpaired) electrons. The minimum Gasteiger partial charge on any atom is -0.489 e. The molecule has 118 valence electrons. The van der Waals surface area contributed by atoms with E-state index in [9.17, 15) is 9.18 Å². The van der Waals surface area contributed by atoms with Crippen molar-refractivity contribution in [3.05, 3.63) is 24.0 Å². The number of benzene rings is 1. The fraction of sp³-hybridized carbons (Fsp3) is 0.357. The lowest BCUT2D eigenvalue weighted by Crippen LogP contribution is -2.43. The zero-order valence-electron chi connectivity index (χ0n) is 12.5. The van der Waals surface area contributed by atoms with Gasteiger partial charge in [0.2, 0.25) is 0 Å². The van der Waals surface area contributed by atoms with E-state index in [0.29, 0.717) is 0 Å². The maximum atomic E-state index is 13.0. The summed E-state index contributed by atoms with van der Waals surface area (Å²) >= 11 is 0. The number of ether oxygens (including phenoxy) is 1. The van der Waals surface area contributed by atoms with E-state index in [2.05, 4.69) is 18.2 Å². The maximum Gasteiger partial charge on any atom is 0.336 e. The smallest absolute Gasteiger partial charge is 0.336 e. The highest BCUT2D eigenvalue weighted by atomic mass is 19.1. The minimum absolute atomic E-state index is 0.0158. The lowest BCUT2D eigenvalue weighted by molar-refractivity contribution is 0.201. The van der Waals surface area contributed by atoms with E-state index in [1.54, 1.807) is 0 Å². The Balaban J connectivity index is 0. The molecule has 0 bridgehead atoms. The summed E-state index contributed by atoms with van der Waals surface area (Å²) in [5.41, 5.74) is 0.208. The van der Waals surface area contributed by atoms with Crippen molar-refractivity contribution < 1.29 is 19.0 Å². The number of hydrazine groups is 1. The van der Waals surface area contributed by atoms with Crippen molar-refractivity contribution in [2.75, 3.05) is 25.3 Å². The number of amides is 2. The highest BCUT2D eigenvalue weighted by Crippen LogP contribution is 2.27. The van der Waals surface area contributed by atoms with Crippen molar-refractivity contribution in [2.24, 2.45) is 5.84 Å². The average molecular weight is 299 g/mol. The first kappa shape index (κ1) is 21.0. The van der Waals surface area contributed by atoms with Crippen LogP contribution in [0.25, 0.3) is 0 Å². The fourth-order valence-corrected chi connectivity index (χ4v) is 1.19. The van der Waals surface area contributed by atoms with Gasteiger partial charge in [-0.05, 0) is 12.1 Å². The molecule has 7 heteroatoms. The van der Waals surface area contributed by atoms with Gasteiger partial charge in [-0.1, -0.05) is 13.8 Å². The quantitative estimate of drug-likeness (QED) is 0.340. The molecule has 0 spiro atoms. The summed E-state index contributed by atoms with van der Waals surface area (Å²) in [6.45, 7) is 3.76. The highest BCUT2D eigenvalue weighted by Gasteiger charge is 2.15. The number of aliphatic hydroxyl groups is 1. The number of nitrogens with one attached hydrogen (secondary N) is 1. The summed E-state index contributed by atoms with van der Waals surface area (Å²) in [6, 6.07) is 3.00. The number of terminal acetylenes is 1. The summed E-state index contributed by atoms with van der Waals surface area (Å²) in [7, 11) is 1.42. The predicted molar refractivity (Wildman–Crippen MR) is 81.3 cm³/mol. The standard InChI is InChI=1S/C10H14FN3O3.C2H6.C2H2/c1-13-10(16)14(12)8-3-2-7(11)6-9(8)17-5-4-15;2*1-2/h2-3,6,15H,4-5,12H2,1H3,(H,13,16);1-2H3;1-2H. The topological polar surface area (TPSA) is 87.8 Å². The molecule has 0 saturated heterocycles. The summed E-state index contributed by atoms with van der Waals surface area (Å²) in [5, 5.41) is 11.8. The number of carbonyl (C=O) groups is 1. The van der Waals surface area contributed by atoms with Crippen LogP contribution in [0.2, 0.25) is 0 Å². The van der Waals surface area contributed by atoms with Crippen LogP contribution < -0.4 is 20.9 Å². The number of nitrogens with two attached hydrogens (primary N) is 1. The van der Waals surface area contributed by atoms with Crippen LogP contribution in [0.3, 0.4) is 0 Å². The number of hydrogen-bond acceptors (Lipinski definition) is 4. The van der Waals surface area contributed by atoms with Crippen LogP contribution in [-0.4, -0.2) is 31.4 Å². The van der Waals surface area contributed by atoms with Crippen molar-refractivity contribution in [1.29, 1.82) is 0 Å². The van der Waals surface area contributed by atoms with Crippen molar-refractivity contribution in [2.45, 2.75) is 13.8 Å². The van der Waals surface area contributed by atoms with Crippen LogP contribution in [-0.2, 0) is 0 Å². The van der Waals surface area contributed by atoms with Crippen LogP contribution in [0, 0.1) is 18.7 Å². The minimum atomic E-state index is -0.564. The Hall–Kier alpha value is -2.30. The van der Waals surface area contributed by atoms with E-state index < -0.39 is 11.8 Å². The van der Waals surface area contributed by atoms with Gasteiger partial charge in [-0.15, -0.1) is 12.8 Å². The number of halogens is 1. The van der Waals surface area contributed by atoms with Crippen LogP contribution >= 0.6 is 0 Å². The van der Waals surface area contributed by atoms with E-state index in [4.69, 9.17) is 15.7 Å². The van der Waals surface area contributed by atoms with E-state index in [1.807, 2.05) is 13.8 Å². The highest BCUT2D eigenvalue weighted by molar-refractivity contribution is 5.92. The molecule has 1 aromatic rings. The van der Waals surface area contributed by atoms with Gasteiger partial charge in [0, 0.05) is 13.1 Å². The lowest BCUT2D eigenvalue weighted by Gasteiger charge is -2.19. The van der Waals surface area contributed by atoms with Gasteiger partial charge in [-0.2, -0.15) is 0 Å². The van der Waals surface area contributed by atoms with Gasteiger partial charge in [0.1, 0.15) is 23.9 Å². The second kappa shape index (κ2) is 12.7. The van der Waals surface area contributed by atoms with Gasteiger partial charge in [-0.3, -0.25) is 0 Å². The molecular weight excluding hydrogens is 277 g/mol. The predicted octanol–water partition coefficient (Wildman–Crippen LogP) is 1.49. The molecule has 0 unspecified atom stereocenters. The monoisotopic (exact) mass is 299 g/mol. The first-order chi connectivity index (χ1) is 10.1. The molecule has 21 heavy (non-hydrogen) atoms. The van der Waals surface area contributed by atoms with Gasteiger partial charge >= 0.3 is 6.03 Å². The largest absolute Gasteiger partial charge is 0.489 e. The first-order valence-corrected chi connectivity index (χ1v) is 6.23. The van der Waals surface area contributed by atoms with Crippen LogP contribution in [0.4, 0.5) is 14.9 Å². The molecule has 2 amide bonds. The Kier molecular flexibility index (Phi) is 12.7. The van der Waals surface area contributed by atoms with Gasteiger partial charge in [0.15, 0.2) is 0 Å². The fourth-order valence-electron chi connectivity index (χ4n) is 1.19. The van der Waals surface area contributed by atoms with Gasteiger partial charge in [-0.25, -0.2) is 20.0 Å². The molecule has 4 N–H and O–H groups in total. The first-order valence-electron chi connectivity index (χ1n) is 6.23. The van der Waals surface area contributed by atoms with E-state index in [0.717, 1.165) is 17.1 Å². The average Bonchev–Trinajstić information content (AvgIpc) is 2.55. The van der Waals surface area contributed by atoms with Crippen LogP contribution in [0.1, 0.15) is 13.8 Å². The SMILES string of the molecule is C#C.CC.CNC(=O)N(N)c1ccc(F)cc1OCCO. The molecule has 0 aliphatic heterocycles. The Bertz CT molecular complexity index is 439. The molecule has 0 aliphatic rings. The number of hydrogen-bond donors (Lipinski definition) is 3. The Morgan fingerprint density at radius 3 is 2.52 bits per heavy atom. The molecule has 0 fully saturated rings. The Morgan fingerprint density at radius 2 is 2.05 bits per heavy atom. The number of anilines is 1. The number of aliphatic hydroxyl groups excluding tert-OH is 1. The van der Waals surface area contributed by atoms with Crippen molar-refractivity contribution >= 4 is 11.7 Å². The van der Waals surface area contributed by atoms with Crippen molar-refractivity contribution in [1.82, 2.24) is 5.32 Å². The number of urea groups is 1. The zero-order chi connectivity index (χ0) is 16.8. The second-order valence-electron chi connectivity index (χ2n) is 3.11. The maximum absolute atomic E-state index is 13.0. The molecular formula is C14H22FN3O3. The third-order valence-electron chi connectivity index (χ3n) is 1.96. The second-order valence-corrected chi connectivity index (χ2v) is 3.11.